The summed E-state index contributed by atoms with van der Waals surface area (Å²) < 4.78 is 28.4. The standard InChI is InChI=1S/C12H16Br2N2O2S/c13-10-1-2-11(14)12(7-10)19(17,18)16-6-4-9-3-5-15-8-9/h1-2,7,9,15-16H,3-6,8H2. The highest BCUT2D eigenvalue weighted by Crippen LogP contribution is 2.25. The average molecular weight is 412 g/mol. The van der Waals surface area contributed by atoms with E-state index in [0.717, 1.165) is 30.4 Å². The first-order valence-corrected chi connectivity index (χ1v) is 9.21. The third-order valence-electron chi connectivity index (χ3n) is 3.19. The van der Waals surface area contributed by atoms with Crippen molar-refractivity contribution in [2.45, 2.75) is 17.7 Å². The SMILES string of the molecule is O=S(=O)(NCCC1CCNC1)c1cc(Br)ccc1Br. The number of halogens is 2. The Morgan fingerprint density at radius 2 is 2.16 bits per heavy atom. The Labute approximate surface area is 130 Å². The van der Waals surface area contributed by atoms with E-state index in [1.54, 1.807) is 18.2 Å². The molecule has 0 aromatic heterocycles. The van der Waals surface area contributed by atoms with Crippen molar-refractivity contribution < 1.29 is 8.42 Å². The molecular formula is C12H16Br2N2O2S. The maximum Gasteiger partial charge on any atom is 0.241 e. The van der Waals surface area contributed by atoms with E-state index in [2.05, 4.69) is 41.9 Å². The zero-order valence-corrected chi connectivity index (χ0v) is 14.3. The third kappa shape index (κ3) is 4.26. The number of rotatable bonds is 5. The van der Waals surface area contributed by atoms with Crippen LogP contribution in [-0.4, -0.2) is 28.1 Å². The summed E-state index contributed by atoms with van der Waals surface area (Å²) >= 11 is 6.56. The summed E-state index contributed by atoms with van der Waals surface area (Å²) in [6.07, 6.45) is 2.00. The minimum atomic E-state index is -3.45. The largest absolute Gasteiger partial charge is 0.316 e. The maximum absolute atomic E-state index is 12.2. The van der Waals surface area contributed by atoms with E-state index >= 15 is 0 Å². The summed E-state index contributed by atoms with van der Waals surface area (Å²) in [4.78, 5) is 0.270. The van der Waals surface area contributed by atoms with Gasteiger partial charge in [0.2, 0.25) is 10.0 Å². The first-order chi connectivity index (χ1) is 8.99. The lowest BCUT2D eigenvalue weighted by Gasteiger charge is -2.11. The van der Waals surface area contributed by atoms with Gasteiger partial charge < -0.3 is 5.32 Å². The van der Waals surface area contributed by atoms with Crippen molar-refractivity contribution in [3.8, 4) is 0 Å². The molecule has 2 rings (SSSR count). The second kappa shape index (κ2) is 6.67. The fourth-order valence-corrected chi connectivity index (χ4v) is 4.67. The first kappa shape index (κ1) is 15.4. The lowest BCUT2D eigenvalue weighted by molar-refractivity contribution is 0.519. The highest BCUT2D eigenvalue weighted by Gasteiger charge is 2.19. The van der Waals surface area contributed by atoms with Crippen LogP contribution in [0.4, 0.5) is 0 Å². The third-order valence-corrected chi connectivity index (χ3v) is 6.14. The summed E-state index contributed by atoms with van der Waals surface area (Å²) in [7, 11) is -3.45. The van der Waals surface area contributed by atoms with Gasteiger partial charge in [0, 0.05) is 15.5 Å². The molecule has 19 heavy (non-hydrogen) atoms. The van der Waals surface area contributed by atoms with Crippen molar-refractivity contribution >= 4 is 41.9 Å². The van der Waals surface area contributed by atoms with Gasteiger partial charge in [-0.05, 0) is 66.0 Å². The van der Waals surface area contributed by atoms with Crippen molar-refractivity contribution in [2.75, 3.05) is 19.6 Å². The quantitative estimate of drug-likeness (QED) is 0.782. The number of nitrogens with one attached hydrogen (secondary N) is 2. The number of sulfonamides is 1. The summed E-state index contributed by atoms with van der Waals surface area (Å²) in [6.45, 7) is 2.50. The fraction of sp³-hybridized carbons (Fsp3) is 0.500. The Bertz CT molecular complexity index is 543. The van der Waals surface area contributed by atoms with Crippen molar-refractivity contribution in [1.82, 2.24) is 10.0 Å². The fourth-order valence-electron chi connectivity index (χ4n) is 2.12. The van der Waals surface area contributed by atoms with E-state index < -0.39 is 10.0 Å². The van der Waals surface area contributed by atoms with Crippen LogP contribution in [0.5, 0.6) is 0 Å². The van der Waals surface area contributed by atoms with E-state index in [1.165, 1.54) is 0 Å². The van der Waals surface area contributed by atoms with E-state index in [-0.39, 0.29) is 4.90 Å². The molecule has 0 radical (unpaired) electrons. The smallest absolute Gasteiger partial charge is 0.241 e. The van der Waals surface area contributed by atoms with Crippen LogP contribution in [0.3, 0.4) is 0 Å². The number of hydrogen-bond acceptors (Lipinski definition) is 3. The molecule has 1 aromatic carbocycles. The molecule has 0 aliphatic carbocycles. The van der Waals surface area contributed by atoms with Gasteiger partial charge in [0.15, 0.2) is 0 Å². The van der Waals surface area contributed by atoms with Gasteiger partial charge in [-0.3, -0.25) is 0 Å². The summed E-state index contributed by atoms with van der Waals surface area (Å²) in [5.74, 6) is 0.577. The summed E-state index contributed by atoms with van der Waals surface area (Å²) in [5, 5.41) is 3.28. The van der Waals surface area contributed by atoms with Crippen LogP contribution in [0, 0.1) is 5.92 Å². The topological polar surface area (TPSA) is 58.2 Å². The predicted molar refractivity (Wildman–Crippen MR) is 82.6 cm³/mol. The van der Waals surface area contributed by atoms with Gasteiger partial charge in [0.25, 0.3) is 0 Å². The molecule has 0 amide bonds. The molecule has 4 nitrogen and oxygen atoms in total. The molecule has 1 aromatic rings. The molecule has 0 bridgehead atoms. The molecule has 1 heterocycles. The van der Waals surface area contributed by atoms with Crippen LogP contribution >= 0.6 is 31.9 Å². The minimum absolute atomic E-state index is 0.270. The molecular weight excluding hydrogens is 396 g/mol. The van der Waals surface area contributed by atoms with Crippen molar-refractivity contribution in [2.24, 2.45) is 5.92 Å². The zero-order valence-electron chi connectivity index (χ0n) is 10.3. The van der Waals surface area contributed by atoms with Gasteiger partial charge in [-0.25, -0.2) is 13.1 Å². The van der Waals surface area contributed by atoms with Crippen LogP contribution in [0.15, 0.2) is 32.0 Å². The Balaban J connectivity index is 1.99. The monoisotopic (exact) mass is 410 g/mol. The van der Waals surface area contributed by atoms with Crippen molar-refractivity contribution in [1.29, 1.82) is 0 Å². The van der Waals surface area contributed by atoms with Crippen LogP contribution < -0.4 is 10.0 Å². The van der Waals surface area contributed by atoms with Gasteiger partial charge in [0.1, 0.15) is 0 Å². The highest BCUT2D eigenvalue weighted by atomic mass is 79.9. The maximum atomic E-state index is 12.2. The molecule has 1 atom stereocenters. The Hall–Kier alpha value is 0.0500. The van der Waals surface area contributed by atoms with Crippen molar-refractivity contribution in [3.05, 3.63) is 27.1 Å². The molecule has 1 aliphatic rings. The van der Waals surface area contributed by atoms with E-state index in [4.69, 9.17) is 0 Å². The molecule has 0 saturated carbocycles. The van der Waals surface area contributed by atoms with Crippen LogP contribution in [0.25, 0.3) is 0 Å². The average Bonchev–Trinajstić information content (AvgIpc) is 2.85. The van der Waals surface area contributed by atoms with Gasteiger partial charge >= 0.3 is 0 Å². The molecule has 1 aliphatic heterocycles. The summed E-state index contributed by atoms with van der Waals surface area (Å²) in [6, 6.07) is 5.12. The molecule has 106 valence electrons. The van der Waals surface area contributed by atoms with Crippen molar-refractivity contribution in [3.63, 3.8) is 0 Å². The van der Waals surface area contributed by atoms with Crippen LogP contribution in [0.2, 0.25) is 0 Å². The lowest BCUT2D eigenvalue weighted by Crippen LogP contribution is -2.27. The normalized spacial score (nSPS) is 19.8. The molecule has 1 unspecified atom stereocenters. The van der Waals surface area contributed by atoms with Crippen LogP contribution in [-0.2, 0) is 10.0 Å². The predicted octanol–water partition coefficient (Wildman–Crippen LogP) is 2.49. The molecule has 1 fully saturated rings. The molecule has 7 heteroatoms. The van der Waals surface area contributed by atoms with Gasteiger partial charge in [0.05, 0.1) is 4.90 Å². The van der Waals surface area contributed by atoms with Crippen LogP contribution in [0.1, 0.15) is 12.8 Å². The second-order valence-electron chi connectivity index (χ2n) is 4.62. The second-order valence-corrected chi connectivity index (χ2v) is 8.13. The van der Waals surface area contributed by atoms with E-state index in [9.17, 15) is 8.42 Å². The molecule has 1 saturated heterocycles. The van der Waals surface area contributed by atoms with Gasteiger partial charge in [-0.1, -0.05) is 15.9 Å². The van der Waals surface area contributed by atoms with E-state index in [1.807, 2.05) is 0 Å². The summed E-state index contributed by atoms with van der Waals surface area (Å²) in [5.41, 5.74) is 0. The lowest BCUT2D eigenvalue weighted by atomic mass is 10.1. The molecule has 2 N–H and O–H groups in total. The highest BCUT2D eigenvalue weighted by molar-refractivity contribution is 9.11. The minimum Gasteiger partial charge on any atom is -0.316 e. The Morgan fingerprint density at radius 3 is 2.84 bits per heavy atom. The molecule has 0 spiro atoms. The zero-order chi connectivity index (χ0) is 13.9. The number of benzene rings is 1. The Morgan fingerprint density at radius 1 is 1.37 bits per heavy atom. The van der Waals surface area contributed by atoms with E-state index in [0.29, 0.717) is 16.9 Å². The van der Waals surface area contributed by atoms with Gasteiger partial charge in [-0.15, -0.1) is 0 Å². The first-order valence-electron chi connectivity index (χ1n) is 6.14. The van der Waals surface area contributed by atoms with Gasteiger partial charge in [-0.2, -0.15) is 0 Å². The number of hydrogen-bond donors (Lipinski definition) is 2. The Kier molecular flexibility index (Phi) is 5.42.